The third-order valence-electron chi connectivity index (χ3n) is 11.5. The van der Waals surface area contributed by atoms with Crippen molar-refractivity contribution in [1.29, 1.82) is 5.26 Å². The number of aryl methyl sites for hydroxylation is 2. The van der Waals surface area contributed by atoms with Crippen LogP contribution >= 0.6 is 23.2 Å². The summed E-state index contributed by atoms with van der Waals surface area (Å²) in [5.41, 5.74) is 4.13. The Labute approximate surface area is 308 Å². The van der Waals surface area contributed by atoms with Gasteiger partial charge in [0.05, 0.1) is 46.9 Å². The Morgan fingerprint density at radius 1 is 1.17 bits per heavy atom. The van der Waals surface area contributed by atoms with Crippen LogP contribution in [0.25, 0.3) is 32.9 Å². The normalized spacial score (nSPS) is 23.7. The molecular weight excluding hydrogens is 706 g/mol. The van der Waals surface area contributed by atoms with E-state index in [2.05, 4.69) is 32.1 Å². The van der Waals surface area contributed by atoms with Crippen LogP contribution < -0.4 is 5.32 Å². The Kier molecular flexibility index (Phi) is 8.02. The molecule has 2 bridgehead atoms. The summed E-state index contributed by atoms with van der Waals surface area (Å²) in [7, 11) is 1.29. The van der Waals surface area contributed by atoms with Crippen molar-refractivity contribution in [3.05, 3.63) is 75.3 Å². The van der Waals surface area contributed by atoms with Crippen LogP contribution in [0.3, 0.4) is 0 Å². The second-order valence-electron chi connectivity index (χ2n) is 14.5. The molecule has 14 heteroatoms. The van der Waals surface area contributed by atoms with E-state index in [4.69, 9.17) is 32.9 Å². The molecule has 3 aliphatic heterocycles. The highest BCUT2D eigenvalue weighted by atomic mass is 35.5. The van der Waals surface area contributed by atoms with Gasteiger partial charge < -0.3 is 19.5 Å². The molecule has 0 unspecified atom stereocenters. The summed E-state index contributed by atoms with van der Waals surface area (Å²) in [6.45, 7) is 3.19. The minimum absolute atomic E-state index is 0.0141. The summed E-state index contributed by atoms with van der Waals surface area (Å²) in [4.78, 5) is 37.3. The van der Waals surface area contributed by atoms with Crippen LogP contribution in [0.4, 0.5) is 4.39 Å². The number of halogens is 3. The van der Waals surface area contributed by atoms with E-state index in [1.165, 1.54) is 13.4 Å². The number of carbonyl (C=O) groups excluding carboxylic acids is 2. The van der Waals surface area contributed by atoms with E-state index >= 15 is 4.39 Å². The maximum atomic E-state index is 17.2. The number of rotatable bonds is 8. The molecule has 11 nitrogen and oxygen atoms in total. The third kappa shape index (κ3) is 5.11. The average Bonchev–Trinajstić information content (AvgIpc) is 3.64. The zero-order chi connectivity index (χ0) is 36.0. The van der Waals surface area contributed by atoms with Crippen molar-refractivity contribution in [2.45, 2.75) is 69.6 Å². The highest BCUT2D eigenvalue weighted by Gasteiger charge is 2.51. The summed E-state index contributed by atoms with van der Waals surface area (Å²) in [6, 6.07) is 11.3. The van der Waals surface area contributed by atoms with E-state index in [1.807, 2.05) is 17.9 Å². The lowest BCUT2D eigenvalue weighted by Gasteiger charge is -2.39. The number of benzene rings is 2. The van der Waals surface area contributed by atoms with Gasteiger partial charge in [-0.2, -0.15) is 5.26 Å². The molecule has 3 aromatic heterocycles. The Morgan fingerprint density at radius 2 is 2.00 bits per heavy atom. The van der Waals surface area contributed by atoms with E-state index in [-0.39, 0.29) is 58.8 Å². The first-order valence-corrected chi connectivity index (χ1v) is 18.4. The molecule has 2 aliphatic carbocycles. The second-order valence-corrected chi connectivity index (χ2v) is 15.3. The standard InChI is InChI=1S/C38H35Cl2FN8O3/c1-18-24-14-29(28-13-22(16-47(28)37(50)19-8-9-19)48-17-44-36(46-48)38(51)52-2)49(34-21-12-27(34)43-15-21)35(24)25-11-20(5-4-10-42)30(32(41)33(25)45-18)23-6-3-7-26(39)31(23)40/h3,6-7,11,14,17,19,21-22,27-28,34,43H,4-5,8-9,12-13,15-16H2,1-2H3/t21-,22+,27-,28-,34+/m1/s1. The van der Waals surface area contributed by atoms with Crippen molar-refractivity contribution in [3.8, 4) is 17.2 Å². The molecule has 5 aliphatic rings. The largest absolute Gasteiger partial charge is 0.463 e. The van der Waals surface area contributed by atoms with Gasteiger partial charge in [0.1, 0.15) is 11.8 Å². The highest BCUT2D eigenvalue weighted by molar-refractivity contribution is 6.43. The first-order chi connectivity index (χ1) is 25.2. The van der Waals surface area contributed by atoms with E-state index in [0.717, 1.165) is 42.4 Å². The number of esters is 1. The number of nitrogens with one attached hydrogen (secondary N) is 1. The Hall–Kier alpha value is -4.57. The van der Waals surface area contributed by atoms with Crippen molar-refractivity contribution in [1.82, 2.24) is 34.5 Å². The summed E-state index contributed by atoms with van der Waals surface area (Å²) < 4.78 is 26.1. The van der Waals surface area contributed by atoms with Crippen molar-refractivity contribution >= 4 is 56.9 Å². The van der Waals surface area contributed by atoms with Gasteiger partial charge in [-0.1, -0.05) is 35.3 Å². The second kappa shape index (κ2) is 12.5. The van der Waals surface area contributed by atoms with E-state index in [0.29, 0.717) is 58.1 Å². The Balaban J connectivity index is 1.27. The zero-order valence-corrected chi connectivity index (χ0v) is 30.1. The van der Waals surface area contributed by atoms with Gasteiger partial charge in [0.2, 0.25) is 5.91 Å². The lowest BCUT2D eigenvalue weighted by atomic mass is 9.79. The highest BCUT2D eigenvalue weighted by Crippen LogP contribution is 2.52. The number of amides is 1. The number of ether oxygens (including phenoxy) is 1. The van der Waals surface area contributed by atoms with Crippen molar-refractivity contribution < 1.29 is 18.7 Å². The fourth-order valence-corrected chi connectivity index (χ4v) is 9.22. The zero-order valence-electron chi connectivity index (χ0n) is 28.6. The van der Waals surface area contributed by atoms with Crippen LogP contribution in [0.1, 0.15) is 77.8 Å². The Bertz CT molecular complexity index is 2350. The number of likely N-dealkylation sites (tertiary alicyclic amines) is 1. The first kappa shape index (κ1) is 33.3. The lowest BCUT2D eigenvalue weighted by Crippen LogP contribution is -2.41. The summed E-state index contributed by atoms with van der Waals surface area (Å²) in [5, 5.41) is 19.8. The predicted octanol–water partition coefficient (Wildman–Crippen LogP) is 6.90. The van der Waals surface area contributed by atoms with Crippen LogP contribution in [-0.2, 0) is 16.0 Å². The molecule has 5 aromatic rings. The number of carbonyl (C=O) groups is 2. The molecule has 10 rings (SSSR count). The maximum Gasteiger partial charge on any atom is 0.377 e. The smallest absolute Gasteiger partial charge is 0.377 e. The number of hydrogen-bond donors (Lipinski definition) is 1. The number of nitriles is 1. The van der Waals surface area contributed by atoms with E-state index in [1.54, 1.807) is 22.9 Å². The van der Waals surface area contributed by atoms with Crippen LogP contribution in [0.15, 0.2) is 36.7 Å². The number of aromatic nitrogens is 5. The molecule has 5 fully saturated rings. The topological polar surface area (TPSA) is 131 Å². The van der Waals surface area contributed by atoms with Gasteiger partial charge in [-0.25, -0.2) is 23.8 Å². The minimum atomic E-state index is -0.621. The molecule has 3 saturated heterocycles. The van der Waals surface area contributed by atoms with Gasteiger partial charge in [-0.15, -0.1) is 5.10 Å². The lowest BCUT2D eigenvalue weighted by molar-refractivity contribution is -0.133. The monoisotopic (exact) mass is 740 g/mol. The first-order valence-electron chi connectivity index (χ1n) is 17.7. The quantitative estimate of drug-likeness (QED) is 0.170. The van der Waals surface area contributed by atoms with Crippen LogP contribution in [-0.4, -0.2) is 67.3 Å². The molecule has 1 amide bonds. The minimum Gasteiger partial charge on any atom is -0.463 e. The number of nitrogens with zero attached hydrogens (tertiary/aromatic N) is 7. The van der Waals surface area contributed by atoms with Gasteiger partial charge in [0.15, 0.2) is 5.82 Å². The fraction of sp³-hybridized carbons (Fsp3) is 0.421. The number of hydrogen-bond acceptors (Lipinski definition) is 8. The number of pyridine rings is 1. The fourth-order valence-electron chi connectivity index (χ4n) is 8.83. The molecule has 0 radical (unpaired) electrons. The molecule has 5 atom stereocenters. The molecule has 0 spiro atoms. The van der Waals surface area contributed by atoms with Crippen molar-refractivity contribution in [2.24, 2.45) is 11.8 Å². The summed E-state index contributed by atoms with van der Waals surface area (Å²) in [6.07, 6.45) is 5.33. The molecule has 52 heavy (non-hydrogen) atoms. The van der Waals surface area contributed by atoms with E-state index < -0.39 is 11.8 Å². The summed E-state index contributed by atoms with van der Waals surface area (Å²) in [5.74, 6) is -0.692. The molecule has 2 saturated carbocycles. The van der Waals surface area contributed by atoms with Gasteiger partial charge >= 0.3 is 5.97 Å². The maximum absolute atomic E-state index is 17.2. The summed E-state index contributed by atoms with van der Waals surface area (Å²) >= 11 is 13.1. The van der Waals surface area contributed by atoms with Crippen LogP contribution in [0, 0.1) is 35.9 Å². The number of methoxy groups -OCH3 is 1. The van der Waals surface area contributed by atoms with Gasteiger partial charge in [0.25, 0.3) is 5.82 Å². The van der Waals surface area contributed by atoms with E-state index in [9.17, 15) is 14.9 Å². The number of fused-ring (bicyclic) bond motifs is 4. The van der Waals surface area contributed by atoms with Gasteiger partial charge in [0, 0.05) is 64.8 Å². The molecule has 1 N–H and O–H groups in total. The molecule has 2 aromatic carbocycles. The SMILES string of the molecule is COC(=O)c1ncn([C@H]2C[C@H](c3cc4c(C)nc5c(F)c(-c6cccc(Cl)c6Cl)c(CCC#N)cc5c4n3[C@H]3[C@H]4CN[C@@H]3C4)N(C(=O)C3CC3)C2)n1. The Morgan fingerprint density at radius 3 is 2.71 bits per heavy atom. The van der Waals surface area contributed by atoms with Crippen LogP contribution in [0.2, 0.25) is 10.0 Å². The van der Waals surface area contributed by atoms with Gasteiger partial charge in [-0.05, 0) is 68.7 Å². The average molecular weight is 742 g/mol. The molecular formula is C38H35Cl2FN8O3. The van der Waals surface area contributed by atoms with Crippen molar-refractivity contribution in [2.75, 3.05) is 20.2 Å². The third-order valence-corrected chi connectivity index (χ3v) is 12.3. The predicted molar refractivity (Wildman–Crippen MR) is 192 cm³/mol. The van der Waals surface area contributed by atoms with Gasteiger partial charge in [-0.3, -0.25) is 4.79 Å². The molecule has 266 valence electrons. The van der Waals surface area contributed by atoms with Crippen LogP contribution in [0.5, 0.6) is 0 Å². The van der Waals surface area contributed by atoms with Crippen molar-refractivity contribution in [3.63, 3.8) is 0 Å². The molecule has 6 heterocycles.